The summed E-state index contributed by atoms with van der Waals surface area (Å²) in [6.07, 6.45) is 0.353. The zero-order chi connectivity index (χ0) is 17.5. The molecule has 1 N–H and O–H groups in total. The van der Waals surface area contributed by atoms with Crippen molar-refractivity contribution in [2.24, 2.45) is 0 Å². The predicted molar refractivity (Wildman–Crippen MR) is 96.7 cm³/mol. The fourth-order valence-electron chi connectivity index (χ4n) is 2.60. The molecule has 2 amide bonds. The van der Waals surface area contributed by atoms with E-state index in [9.17, 15) is 9.59 Å². The van der Waals surface area contributed by atoms with Gasteiger partial charge in [-0.2, -0.15) is 0 Å². The van der Waals surface area contributed by atoms with Gasteiger partial charge in [-0.3, -0.25) is 9.59 Å². The Kier molecular flexibility index (Phi) is 6.13. The zero-order valence-corrected chi connectivity index (χ0v) is 14.5. The van der Waals surface area contributed by atoms with Crippen LogP contribution in [-0.2, 0) is 22.6 Å². The van der Waals surface area contributed by atoms with Crippen molar-refractivity contribution >= 4 is 17.5 Å². The zero-order valence-electron chi connectivity index (χ0n) is 14.5. The molecule has 0 radical (unpaired) electrons. The summed E-state index contributed by atoms with van der Waals surface area (Å²) in [4.78, 5) is 25.5. The van der Waals surface area contributed by atoms with E-state index in [4.69, 9.17) is 0 Å². The smallest absolute Gasteiger partial charge is 0.228 e. The molecule has 4 nitrogen and oxygen atoms in total. The van der Waals surface area contributed by atoms with Crippen LogP contribution in [0.1, 0.15) is 30.5 Å². The Balaban J connectivity index is 2.02. The van der Waals surface area contributed by atoms with Crippen LogP contribution in [0.25, 0.3) is 0 Å². The summed E-state index contributed by atoms with van der Waals surface area (Å²) in [5.41, 5.74) is 3.90. The van der Waals surface area contributed by atoms with Gasteiger partial charge in [0.2, 0.25) is 11.8 Å². The molecule has 0 aliphatic carbocycles. The molecule has 2 rings (SSSR count). The minimum Gasteiger partial charge on any atom is -0.339 e. The summed E-state index contributed by atoms with van der Waals surface area (Å²) in [5, 5.41) is 2.94. The van der Waals surface area contributed by atoms with Crippen molar-refractivity contribution in [2.45, 2.75) is 33.7 Å². The van der Waals surface area contributed by atoms with Gasteiger partial charge in [0.1, 0.15) is 0 Å². The van der Waals surface area contributed by atoms with E-state index in [2.05, 4.69) is 5.32 Å². The summed E-state index contributed by atoms with van der Waals surface area (Å²) < 4.78 is 0. The van der Waals surface area contributed by atoms with E-state index >= 15 is 0 Å². The van der Waals surface area contributed by atoms with Crippen molar-refractivity contribution in [3.63, 3.8) is 0 Å². The lowest BCUT2D eigenvalue weighted by molar-refractivity contribution is -0.129. The molecular formula is C20H24N2O2. The molecule has 0 aliphatic heterocycles. The molecule has 2 aromatic carbocycles. The number of nitrogens with one attached hydrogen (secondary N) is 1. The van der Waals surface area contributed by atoms with Crippen LogP contribution in [0.15, 0.2) is 48.5 Å². The third-order valence-corrected chi connectivity index (χ3v) is 4.02. The number of carbonyl (C=O) groups is 2. The molecule has 4 heteroatoms. The summed E-state index contributed by atoms with van der Waals surface area (Å²) >= 11 is 0. The van der Waals surface area contributed by atoms with Crippen molar-refractivity contribution in [3.05, 3.63) is 65.2 Å². The normalized spacial score (nSPS) is 10.3. The first kappa shape index (κ1) is 17.7. The number of amides is 2. The van der Waals surface area contributed by atoms with E-state index < -0.39 is 0 Å². The molecule has 2 aromatic rings. The first-order valence-corrected chi connectivity index (χ1v) is 8.18. The van der Waals surface area contributed by atoms with E-state index in [0.717, 1.165) is 22.4 Å². The molecule has 0 aliphatic rings. The highest BCUT2D eigenvalue weighted by Gasteiger charge is 2.09. The SMILES string of the molecule is CCN(Cc1cccc(NC(=O)Cc2ccccc2C)c1)C(C)=O. The summed E-state index contributed by atoms with van der Waals surface area (Å²) in [5.74, 6) is 0.00635. The monoisotopic (exact) mass is 324 g/mol. The maximum absolute atomic E-state index is 12.3. The second kappa shape index (κ2) is 8.29. The third kappa shape index (κ3) is 4.95. The number of rotatable bonds is 6. The topological polar surface area (TPSA) is 49.4 Å². The summed E-state index contributed by atoms with van der Waals surface area (Å²) in [7, 11) is 0. The first-order valence-electron chi connectivity index (χ1n) is 8.18. The van der Waals surface area contributed by atoms with Crippen LogP contribution in [0.3, 0.4) is 0 Å². The van der Waals surface area contributed by atoms with Crippen molar-refractivity contribution in [1.29, 1.82) is 0 Å². The third-order valence-electron chi connectivity index (χ3n) is 4.02. The number of anilines is 1. The quantitative estimate of drug-likeness (QED) is 0.883. The van der Waals surface area contributed by atoms with Crippen molar-refractivity contribution in [1.82, 2.24) is 4.90 Å². The van der Waals surface area contributed by atoms with Gasteiger partial charge in [0.25, 0.3) is 0 Å². The number of carbonyl (C=O) groups excluding carboxylic acids is 2. The van der Waals surface area contributed by atoms with Gasteiger partial charge in [-0.15, -0.1) is 0 Å². The van der Waals surface area contributed by atoms with E-state index in [1.807, 2.05) is 62.4 Å². The van der Waals surface area contributed by atoms with Gasteiger partial charge in [-0.1, -0.05) is 36.4 Å². The average molecular weight is 324 g/mol. The predicted octanol–water partition coefficient (Wildman–Crippen LogP) is 3.54. The molecule has 0 atom stereocenters. The molecule has 0 saturated carbocycles. The Labute approximate surface area is 143 Å². The van der Waals surface area contributed by atoms with Gasteiger partial charge in [0.15, 0.2) is 0 Å². The Hall–Kier alpha value is -2.62. The highest BCUT2D eigenvalue weighted by atomic mass is 16.2. The fourth-order valence-corrected chi connectivity index (χ4v) is 2.60. The Morgan fingerprint density at radius 1 is 1.08 bits per heavy atom. The van der Waals surface area contributed by atoms with Crippen molar-refractivity contribution in [3.8, 4) is 0 Å². The lowest BCUT2D eigenvalue weighted by Crippen LogP contribution is -2.27. The second-order valence-corrected chi connectivity index (χ2v) is 5.89. The van der Waals surface area contributed by atoms with E-state index in [0.29, 0.717) is 19.5 Å². The largest absolute Gasteiger partial charge is 0.339 e. The Morgan fingerprint density at radius 3 is 2.50 bits per heavy atom. The van der Waals surface area contributed by atoms with Crippen molar-refractivity contribution < 1.29 is 9.59 Å². The van der Waals surface area contributed by atoms with Gasteiger partial charge in [0.05, 0.1) is 6.42 Å². The van der Waals surface area contributed by atoms with Gasteiger partial charge in [-0.25, -0.2) is 0 Å². The van der Waals surface area contributed by atoms with Gasteiger partial charge in [-0.05, 0) is 42.7 Å². The van der Waals surface area contributed by atoms with Crippen LogP contribution >= 0.6 is 0 Å². The molecule has 0 bridgehead atoms. The van der Waals surface area contributed by atoms with Crippen LogP contribution in [0.5, 0.6) is 0 Å². The number of hydrogen-bond donors (Lipinski definition) is 1. The second-order valence-electron chi connectivity index (χ2n) is 5.89. The van der Waals surface area contributed by atoms with Crippen LogP contribution in [0.4, 0.5) is 5.69 Å². The van der Waals surface area contributed by atoms with E-state index in [-0.39, 0.29) is 11.8 Å². The standard InChI is InChI=1S/C20H24N2O2/c1-4-22(16(3)23)14-17-9-7-11-19(12-17)21-20(24)13-18-10-6-5-8-15(18)2/h5-12H,4,13-14H2,1-3H3,(H,21,24). The fraction of sp³-hybridized carbons (Fsp3) is 0.300. The Morgan fingerprint density at radius 2 is 1.83 bits per heavy atom. The summed E-state index contributed by atoms with van der Waals surface area (Å²) in [6, 6.07) is 15.5. The molecule has 0 spiro atoms. The maximum Gasteiger partial charge on any atom is 0.228 e. The molecular weight excluding hydrogens is 300 g/mol. The number of hydrogen-bond acceptors (Lipinski definition) is 2. The molecule has 126 valence electrons. The number of nitrogens with zero attached hydrogens (tertiary/aromatic N) is 1. The molecule has 24 heavy (non-hydrogen) atoms. The number of aryl methyl sites for hydroxylation is 1. The average Bonchev–Trinajstić information content (AvgIpc) is 2.55. The summed E-state index contributed by atoms with van der Waals surface area (Å²) in [6.45, 7) is 6.74. The lowest BCUT2D eigenvalue weighted by Gasteiger charge is -2.19. The van der Waals surface area contributed by atoms with Crippen LogP contribution in [0.2, 0.25) is 0 Å². The molecule has 0 unspecified atom stereocenters. The van der Waals surface area contributed by atoms with E-state index in [1.54, 1.807) is 11.8 Å². The number of benzene rings is 2. The van der Waals surface area contributed by atoms with E-state index in [1.165, 1.54) is 0 Å². The highest BCUT2D eigenvalue weighted by Crippen LogP contribution is 2.14. The first-order chi connectivity index (χ1) is 11.5. The molecule has 0 fully saturated rings. The Bertz CT molecular complexity index is 725. The lowest BCUT2D eigenvalue weighted by atomic mass is 10.1. The van der Waals surface area contributed by atoms with Crippen LogP contribution in [-0.4, -0.2) is 23.3 Å². The minimum atomic E-state index is -0.0413. The molecule has 0 saturated heterocycles. The van der Waals surface area contributed by atoms with Crippen LogP contribution < -0.4 is 5.32 Å². The highest BCUT2D eigenvalue weighted by molar-refractivity contribution is 5.92. The molecule has 0 aromatic heterocycles. The minimum absolute atomic E-state index is 0.0413. The van der Waals surface area contributed by atoms with Gasteiger partial charge in [0, 0.05) is 25.7 Å². The van der Waals surface area contributed by atoms with Crippen molar-refractivity contribution in [2.75, 3.05) is 11.9 Å². The van der Waals surface area contributed by atoms with Gasteiger partial charge >= 0.3 is 0 Å². The maximum atomic E-state index is 12.3. The molecule has 0 heterocycles. The van der Waals surface area contributed by atoms with Crippen LogP contribution in [0, 0.1) is 6.92 Å². The van der Waals surface area contributed by atoms with Gasteiger partial charge < -0.3 is 10.2 Å².